The average molecular weight is 228 g/mol. The maximum Gasteiger partial charge on any atom is 0.237 e. The van der Waals surface area contributed by atoms with Crippen LogP contribution >= 0.6 is 0 Å². The first kappa shape index (κ1) is 13.5. The van der Waals surface area contributed by atoms with E-state index in [4.69, 9.17) is 4.74 Å². The van der Waals surface area contributed by atoms with Crippen LogP contribution in [-0.2, 0) is 9.53 Å². The van der Waals surface area contributed by atoms with E-state index in [1.807, 2.05) is 6.92 Å². The van der Waals surface area contributed by atoms with Crippen LogP contribution in [0.15, 0.2) is 0 Å². The summed E-state index contributed by atoms with van der Waals surface area (Å²) in [5.74, 6) is 0.151. The van der Waals surface area contributed by atoms with E-state index in [9.17, 15) is 4.79 Å². The first-order chi connectivity index (χ1) is 7.69. The lowest BCUT2D eigenvalue weighted by Gasteiger charge is -2.34. The maximum absolute atomic E-state index is 11.8. The number of methoxy groups -OCH3 is 1. The van der Waals surface area contributed by atoms with Gasteiger partial charge in [0.1, 0.15) is 0 Å². The van der Waals surface area contributed by atoms with Crippen molar-refractivity contribution in [1.29, 1.82) is 0 Å². The Morgan fingerprint density at radius 3 is 2.62 bits per heavy atom. The van der Waals surface area contributed by atoms with Crippen molar-refractivity contribution in [1.82, 2.24) is 10.2 Å². The summed E-state index contributed by atoms with van der Waals surface area (Å²) in [5.41, 5.74) is 0. The summed E-state index contributed by atoms with van der Waals surface area (Å²) >= 11 is 0. The molecule has 0 spiro atoms. The van der Waals surface area contributed by atoms with Crippen molar-refractivity contribution in [2.75, 3.05) is 26.7 Å². The molecule has 1 unspecified atom stereocenters. The molecule has 4 heteroatoms. The largest absolute Gasteiger partial charge is 0.381 e. The lowest BCUT2D eigenvalue weighted by molar-refractivity contribution is -0.126. The predicted molar refractivity (Wildman–Crippen MR) is 64.4 cm³/mol. The molecule has 16 heavy (non-hydrogen) atoms. The summed E-state index contributed by atoms with van der Waals surface area (Å²) < 4.78 is 5.32. The van der Waals surface area contributed by atoms with E-state index in [-0.39, 0.29) is 11.9 Å². The molecule has 0 radical (unpaired) electrons. The van der Waals surface area contributed by atoms with E-state index in [0.717, 1.165) is 38.9 Å². The fourth-order valence-electron chi connectivity index (χ4n) is 2.06. The topological polar surface area (TPSA) is 41.6 Å². The molecule has 1 saturated heterocycles. The van der Waals surface area contributed by atoms with Gasteiger partial charge in [0.2, 0.25) is 5.91 Å². The minimum atomic E-state index is -0.00986. The van der Waals surface area contributed by atoms with Gasteiger partial charge in [-0.1, -0.05) is 6.92 Å². The lowest BCUT2D eigenvalue weighted by Crippen LogP contribution is -2.49. The van der Waals surface area contributed by atoms with E-state index >= 15 is 0 Å². The van der Waals surface area contributed by atoms with Crippen molar-refractivity contribution < 1.29 is 9.53 Å². The van der Waals surface area contributed by atoms with Crippen LogP contribution in [0.4, 0.5) is 0 Å². The summed E-state index contributed by atoms with van der Waals surface area (Å²) in [6, 6.07) is -0.00986. The molecule has 0 aromatic rings. The molecule has 1 amide bonds. The van der Waals surface area contributed by atoms with E-state index in [1.54, 1.807) is 7.11 Å². The third-order valence-corrected chi connectivity index (χ3v) is 3.29. The van der Waals surface area contributed by atoms with Crippen LogP contribution in [0.3, 0.4) is 0 Å². The zero-order chi connectivity index (χ0) is 12.0. The SMILES string of the molecule is CCCNC(=O)C(C)N1CCC(OC)CC1. The second kappa shape index (κ2) is 6.86. The fourth-order valence-corrected chi connectivity index (χ4v) is 2.06. The van der Waals surface area contributed by atoms with Crippen molar-refractivity contribution in [3.8, 4) is 0 Å². The number of nitrogens with one attached hydrogen (secondary N) is 1. The quantitative estimate of drug-likeness (QED) is 0.763. The third-order valence-electron chi connectivity index (χ3n) is 3.29. The smallest absolute Gasteiger partial charge is 0.237 e. The maximum atomic E-state index is 11.8. The molecule has 1 rings (SSSR count). The Balaban J connectivity index is 2.32. The lowest BCUT2D eigenvalue weighted by atomic mass is 10.1. The minimum absolute atomic E-state index is 0.00986. The summed E-state index contributed by atoms with van der Waals surface area (Å²) in [6.45, 7) is 6.74. The molecule has 4 nitrogen and oxygen atoms in total. The van der Waals surface area contributed by atoms with Gasteiger partial charge in [-0.2, -0.15) is 0 Å². The molecular formula is C12H24N2O2. The monoisotopic (exact) mass is 228 g/mol. The number of rotatable bonds is 5. The molecular weight excluding hydrogens is 204 g/mol. The van der Waals surface area contributed by atoms with Crippen molar-refractivity contribution in [2.24, 2.45) is 0 Å². The van der Waals surface area contributed by atoms with Crippen LogP contribution in [-0.4, -0.2) is 49.7 Å². The van der Waals surface area contributed by atoms with Gasteiger partial charge in [-0.25, -0.2) is 0 Å². The molecule has 94 valence electrons. The minimum Gasteiger partial charge on any atom is -0.381 e. The van der Waals surface area contributed by atoms with E-state index in [2.05, 4.69) is 17.1 Å². The van der Waals surface area contributed by atoms with Crippen LogP contribution < -0.4 is 5.32 Å². The van der Waals surface area contributed by atoms with Gasteiger partial charge in [0, 0.05) is 26.7 Å². The Labute approximate surface area is 98.3 Å². The molecule has 1 atom stereocenters. The van der Waals surface area contributed by atoms with Gasteiger partial charge in [0.05, 0.1) is 12.1 Å². The number of hydrogen-bond acceptors (Lipinski definition) is 3. The molecule has 1 aliphatic rings. The molecule has 1 N–H and O–H groups in total. The number of likely N-dealkylation sites (tertiary alicyclic amines) is 1. The van der Waals surface area contributed by atoms with Gasteiger partial charge in [-0.15, -0.1) is 0 Å². The third kappa shape index (κ3) is 3.76. The second-order valence-corrected chi connectivity index (χ2v) is 4.44. The molecule has 0 aliphatic carbocycles. The standard InChI is InChI=1S/C12H24N2O2/c1-4-7-13-12(15)10(2)14-8-5-11(16-3)6-9-14/h10-11H,4-9H2,1-3H3,(H,13,15). The van der Waals surface area contributed by atoms with Crippen LogP contribution in [0.1, 0.15) is 33.1 Å². The number of piperidine rings is 1. The first-order valence-electron chi connectivity index (χ1n) is 6.23. The van der Waals surface area contributed by atoms with Gasteiger partial charge in [-0.3, -0.25) is 9.69 Å². The molecule has 1 heterocycles. The number of carbonyl (C=O) groups excluding carboxylic acids is 1. The predicted octanol–water partition coefficient (Wildman–Crippen LogP) is 1.01. The second-order valence-electron chi connectivity index (χ2n) is 4.44. The molecule has 1 aliphatic heterocycles. The highest BCUT2D eigenvalue weighted by Gasteiger charge is 2.25. The van der Waals surface area contributed by atoms with Crippen LogP contribution in [0.25, 0.3) is 0 Å². The van der Waals surface area contributed by atoms with E-state index in [0.29, 0.717) is 6.10 Å². The fraction of sp³-hybridized carbons (Fsp3) is 0.917. The van der Waals surface area contributed by atoms with E-state index < -0.39 is 0 Å². The Morgan fingerprint density at radius 1 is 1.50 bits per heavy atom. The number of nitrogens with zero attached hydrogens (tertiary/aromatic N) is 1. The van der Waals surface area contributed by atoms with Crippen molar-refractivity contribution >= 4 is 5.91 Å². The van der Waals surface area contributed by atoms with Crippen molar-refractivity contribution in [3.05, 3.63) is 0 Å². The van der Waals surface area contributed by atoms with Gasteiger partial charge < -0.3 is 10.1 Å². The molecule has 0 saturated carbocycles. The van der Waals surface area contributed by atoms with Gasteiger partial charge in [0.25, 0.3) is 0 Å². The summed E-state index contributed by atoms with van der Waals surface area (Å²) in [6.07, 6.45) is 3.43. The highest BCUT2D eigenvalue weighted by molar-refractivity contribution is 5.81. The zero-order valence-electron chi connectivity index (χ0n) is 10.7. The van der Waals surface area contributed by atoms with Crippen LogP contribution in [0.2, 0.25) is 0 Å². The summed E-state index contributed by atoms with van der Waals surface area (Å²) in [4.78, 5) is 14.0. The molecule has 1 fully saturated rings. The molecule has 0 aromatic carbocycles. The van der Waals surface area contributed by atoms with Crippen LogP contribution in [0, 0.1) is 0 Å². The Bertz CT molecular complexity index is 213. The van der Waals surface area contributed by atoms with E-state index in [1.165, 1.54) is 0 Å². The number of amides is 1. The number of carbonyl (C=O) groups is 1. The van der Waals surface area contributed by atoms with Crippen molar-refractivity contribution in [3.63, 3.8) is 0 Å². The highest BCUT2D eigenvalue weighted by atomic mass is 16.5. The number of ether oxygens (including phenoxy) is 1. The molecule has 0 bridgehead atoms. The van der Waals surface area contributed by atoms with Crippen LogP contribution in [0.5, 0.6) is 0 Å². The van der Waals surface area contributed by atoms with Gasteiger partial charge in [0.15, 0.2) is 0 Å². The van der Waals surface area contributed by atoms with Gasteiger partial charge >= 0.3 is 0 Å². The Kier molecular flexibility index (Phi) is 5.77. The first-order valence-corrected chi connectivity index (χ1v) is 6.23. The zero-order valence-corrected chi connectivity index (χ0v) is 10.7. The summed E-state index contributed by atoms with van der Waals surface area (Å²) in [5, 5.41) is 2.94. The molecule has 0 aromatic heterocycles. The summed E-state index contributed by atoms with van der Waals surface area (Å²) in [7, 11) is 1.76. The number of hydrogen-bond donors (Lipinski definition) is 1. The van der Waals surface area contributed by atoms with Gasteiger partial charge in [-0.05, 0) is 26.2 Å². The highest BCUT2D eigenvalue weighted by Crippen LogP contribution is 2.15. The Morgan fingerprint density at radius 2 is 2.12 bits per heavy atom. The average Bonchev–Trinajstić information content (AvgIpc) is 2.35. The Hall–Kier alpha value is -0.610. The van der Waals surface area contributed by atoms with Crippen molar-refractivity contribution in [2.45, 2.75) is 45.3 Å². The normalized spacial score (nSPS) is 20.7.